The summed E-state index contributed by atoms with van der Waals surface area (Å²) in [5, 5.41) is 15.5. The number of anilines is 3. The molecule has 3 heterocycles. The van der Waals surface area contributed by atoms with Gasteiger partial charge in [-0.15, -0.1) is 10.2 Å². The van der Waals surface area contributed by atoms with Crippen molar-refractivity contribution in [3.8, 4) is 5.82 Å². The second-order valence-corrected chi connectivity index (χ2v) is 8.87. The standard InChI is InChI=1S/C20H22N8O2S/c1-14(2)20-23-19(13-27(20)3)31(29,30)26-16-7-5-15(6-8-16)22-17-9-10-18(25-24-17)28-12-4-11-21-28/h4-14,26H,1-3H3,(H,22,24). The molecule has 3 aromatic heterocycles. The van der Waals surface area contributed by atoms with Gasteiger partial charge in [-0.1, -0.05) is 13.8 Å². The Balaban J connectivity index is 1.44. The fourth-order valence-electron chi connectivity index (χ4n) is 3.01. The predicted molar refractivity (Wildman–Crippen MR) is 117 cm³/mol. The van der Waals surface area contributed by atoms with Gasteiger partial charge in [-0.3, -0.25) is 4.72 Å². The van der Waals surface area contributed by atoms with Gasteiger partial charge < -0.3 is 9.88 Å². The Morgan fingerprint density at radius 1 is 1.00 bits per heavy atom. The molecule has 0 spiro atoms. The molecule has 0 radical (unpaired) electrons. The Bertz CT molecular complexity index is 1260. The third-order valence-electron chi connectivity index (χ3n) is 4.48. The molecule has 160 valence electrons. The lowest BCUT2D eigenvalue weighted by Crippen LogP contribution is -2.13. The summed E-state index contributed by atoms with van der Waals surface area (Å²) in [4.78, 5) is 4.25. The molecule has 0 aliphatic heterocycles. The smallest absolute Gasteiger partial charge is 0.280 e. The SMILES string of the molecule is CC(C)c1nc(S(=O)(=O)Nc2ccc(Nc3ccc(-n4cccn4)nn3)cc2)cn1C. The summed E-state index contributed by atoms with van der Waals surface area (Å²) in [7, 11) is -2.00. The zero-order chi connectivity index (χ0) is 22.0. The maximum absolute atomic E-state index is 12.7. The summed E-state index contributed by atoms with van der Waals surface area (Å²) in [6.45, 7) is 3.93. The molecule has 0 saturated carbocycles. The predicted octanol–water partition coefficient (Wildman–Crippen LogP) is 3.06. The van der Waals surface area contributed by atoms with E-state index in [-0.39, 0.29) is 10.9 Å². The molecule has 31 heavy (non-hydrogen) atoms. The van der Waals surface area contributed by atoms with Crippen molar-refractivity contribution in [1.29, 1.82) is 0 Å². The van der Waals surface area contributed by atoms with Gasteiger partial charge in [0.05, 0.1) is 0 Å². The van der Waals surface area contributed by atoms with Gasteiger partial charge in [0.2, 0.25) is 0 Å². The van der Waals surface area contributed by atoms with Crippen molar-refractivity contribution in [2.45, 2.75) is 24.8 Å². The molecule has 0 saturated heterocycles. The number of nitrogens with one attached hydrogen (secondary N) is 2. The minimum atomic E-state index is -3.78. The van der Waals surface area contributed by atoms with Crippen LogP contribution in [0.25, 0.3) is 5.82 Å². The molecule has 0 aliphatic carbocycles. The van der Waals surface area contributed by atoms with Gasteiger partial charge in [-0.05, 0) is 42.5 Å². The molecular formula is C20H22N8O2S. The first-order valence-electron chi connectivity index (χ1n) is 9.59. The number of imidazole rings is 1. The molecule has 0 fully saturated rings. The van der Waals surface area contributed by atoms with Crippen LogP contribution in [0.1, 0.15) is 25.6 Å². The van der Waals surface area contributed by atoms with Crippen LogP contribution < -0.4 is 10.0 Å². The fourth-order valence-corrected chi connectivity index (χ4v) is 4.08. The molecule has 10 nitrogen and oxygen atoms in total. The molecule has 0 aliphatic rings. The molecule has 1 aromatic carbocycles. The lowest BCUT2D eigenvalue weighted by atomic mass is 10.2. The van der Waals surface area contributed by atoms with E-state index in [1.54, 1.807) is 71.2 Å². The topological polar surface area (TPSA) is 120 Å². The van der Waals surface area contributed by atoms with E-state index in [1.807, 2.05) is 13.8 Å². The number of nitrogens with zero attached hydrogens (tertiary/aromatic N) is 6. The van der Waals surface area contributed by atoms with Gasteiger partial charge in [0.15, 0.2) is 16.7 Å². The molecule has 11 heteroatoms. The summed E-state index contributed by atoms with van der Waals surface area (Å²) in [6, 6.07) is 12.2. The summed E-state index contributed by atoms with van der Waals surface area (Å²) in [5.41, 5.74) is 1.17. The van der Waals surface area contributed by atoms with Gasteiger partial charge in [0.25, 0.3) is 10.0 Å². The Morgan fingerprint density at radius 2 is 1.74 bits per heavy atom. The second-order valence-electron chi connectivity index (χ2n) is 7.24. The highest BCUT2D eigenvalue weighted by Crippen LogP contribution is 2.21. The first-order valence-corrected chi connectivity index (χ1v) is 11.1. The van der Waals surface area contributed by atoms with E-state index in [2.05, 4.69) is 30.3 Å². The van der Waals surface area contributed by atoms with Crippen LogP contribution in [0.2, 0.25) is 0 Å². The number of hydrogen-bond donors (Lipinski definition) is 2. The van der Waals surface area contributed by atoms with Crippen molar-refractivity contribution < 1.29 is 8.42 Å². The number of sulfonamides is 1. The molecular weight excluding hydrogens is 416 g/mol. The summed E-state index contributed by atoms with van der Waals surface area (Å²) in [6.07, 6.45) is 4.96. The van der Waals surface area contributed by atoms with E-state index in [0.29, 0.717) is 23.1 Å². The third kappa shape index (κ3) is 4.56. The quantitative estimate of drug-likeness (QED) is 0.455. The lowest BCUT2D eigenvalue weighted by molar-refractivity contribution is 0.597. The maximum atomic E-state index is 12.7. The normalized spacial score (nSPS) is 11.6. The summed E-state index contributed by atoms with van der Waals surface area (Å²) < 4.78 is 31.2. The highest BCUT2D eigenvalue weighted by molar-refractivity contribution is 7.92. The monoisotopic (exact) mass is 438 g/mol. The molecule has 0 unspecified atom stereocenters. The third-order valence-corrected chi connectivity index (χ3v) is 5.73. The van der Waals surface area contributed by atoms with Crippen LogP contribution in [-0.2, 0) is 17.1 Å². The summed E-state index contributed by atoms with van der Waals surface area (Å²) in [5.74, 6) is 1.99. The van der Waals surface area contributed by atoms with E-state index in [1.165, 1.54) is 6.20 Å². The van der Waals surface area contributed by atoms with Crippen molar-refractivity contribution in [3.05, 3.63) is 66.9 Å². The van der Waals surface area contributed by atoms with Crippen molar-refractivity contribution in [2.75, 3.05) is 10.0 Å². The number of rotatable bonds is 7. The molecule has 0 bridgehead atoms. The number of hydrogen-bond acceptors (Lipinski definition) is 7. The molecule has 4 rings (SSSR count). The number of aromatic nitrogens is 6. The van der Waals surface area contributed by atoms with Crippen LogP contribution in [-0.4, -0.2) is 37.9 Å². The Labute approximate surface area is 180 Å². The maximum Gasteiger partial charge on any atom is 0.280 e. The highest BCUT2D eigenvalue weighted by atomic mass is 32.2. The minimum Gasteiger partial charge on any atom is -0.339 e. The minimum absolute atomic E-state index is 0.00607. The van der Waals surface area contributed by atoms with Gasteiger partial charge in [-0.25, -0.2) is 9.67 Å². The molecule has 4 aromatic rings. The fraction of sp³-hybridized carbons (Fsp3) is 0.200. The average molecular weight is 439 g/mol. The van der Waals surface area contributed by atoms with Crippen molar-refractivity contribution in [2.24, 2.45) is 7.05 Å². The van der Waals surface area contributed by atoms with Gasteiger partial charge in [0.1, 0.15) is 5.82 Å². The second kappa shape index (κ2) is 8.19. The lowest BCUT2D eigenvalue weighted by Gasteiger charge is -2.09. The Hall–Kier alpha value is -3.73. The van der Waals surface area contributed by atoms with E-state index < -0.39 is 10.0 Å². The Kier molecular flexibility index (Phi) is 5.42. The van der Waals surface area contributed by atoms with Crippen molar-refractivity contribution >= 4 is 27.2 Å². The molecule has 0 amide bonds. The van der Waals surface area contributed by atoms with Crippen LogP contribution in [0.15, 0.2) is 66.1 Å². The van der Waals surface area contributed by atoms with Crippen LogP contribution in [0, 0.1) is 0 Å². The van der Waals surface area contributed by atoms with Crippen molar-refractivity contribution in [1.82, 2.24) is 29.5 Å². The van der Waals surface area contributed by atoms with Crippen molar-refractivity contribution in [3.63, 3.8) is 0 Å². The van der Waals surface area contributed by atoms with Gasteiger partial charge >= 0.3 is 0 Å². The van der Waals surface area contributed by atoms with E-state index in [0.717, 1.165) is 5.69 Å². The van der Waals surface area contributed by atoms with Gasteiger partial charge in [0, 0.05) is 42.9 Å². The first kappa shape index (κ1) is 20.5. The Morgan fingerprint density at radius 3 is 2.32 bits per heavy atom. The summed E-state index contributed by atoms with van der Waals surface area (Å²) >= 11 is 0. The number of aryl methyl sites for hydroxylation is 1. The van der Waals surface area contributed by atoms with Crippen LogP contribution in [0.3, 0.4) is 0 Å². The first-order chi connectivity index (χ1) is 14.8. The molecule has 0 atom stereocenters. The number of benzene rings is 1. The zero-order valence-electron chi connectivity index (χ0n) is 17.3. The van der Waals surface area contributed by atoms with Crippen LogP contribution in [0.4, 0.5) is 17.2 Å². The zero-order valence-corrected chi connectivity index (χ0v) is 18.1. The molecule has 2 N–H and O–H groups in total. The van der Waals surface area contributed by atoms with E-state index >= 15 is 0 Å². The van der Waals surface area contributed by atoms with E-state index in [4.69, 9.17) is 0 Å². The van der Waals surface area contributed by atoms with Crippen LogP contribution in [0.5, 0.6) is 0 Å². The van der Waals surface area contributed by atoms with Gasteiger partial charge in [-0.2, -0.15) is 13.5 Å². The highest BCUT2D eigenvalue weighted by Gasteiger charge is 2.20. The average Bonchev–Trinajstić information content (AvgIpc) is 3.40. The largest absolute Gasteiger partial charge is 0.339 e. The van der Waals surface area contributed by atoms with E-state index in [9.17, 15) is 8.42 Å². The van der Waals surface area contributed by atoms with Crippen LogP contribution >= 0.6 is 0 Å².